The molecular formula is C19H16BrN3O2S. The molecule has 1 aromatic heterocycles. The minimum atomic E-state index is -0.460. The number of hydrogen-bond donors (Lipinski definition) is 1. The van der Waals surface area contributed by atoms with Crippen LogP contribution in [0, 0.1) is 0 Å². The van der Waals surface area contributed by atoms with Crippen LogP contribution in [0.4, 0.5) is 5.13 Å². The average molecular weight is 430 g/mol. The van der Waals surface area contributed by atoms with E-state index < -0.39 is 6.04 Å². The van der Waals surface area contributed by atoms with Crippen LogP contribution in [-0.4, -0.2) is 34.3 Å². The van der Waals surface area contributed by atoms with Gasteiger partial charge in [0.15, 0.2) is 5.13 Å². The maximum atomic E-state index is 12.8. The summed E-state index contributed by atoms with van der Waals surface area (Å²) in [7, 11) is 0. The Labute approximate surface area is 163 Å². The second kappa shape index (κ2) is 7.17. The number of thiazole rings is 1. The van der Waals surface area contributed by atoms with Gasteiger partial charge in [0.05, 0.1) is 10.2 Å². The highest BCUT2D eigenvalue weighted by molar-refractivity contribution is 9.10. The summed E-state index contributed by atoms with van der Waals surface area (Å²) in [6.07, 6.45) is 1.49. The van der Waals surface area contributed by atoms with Crippen LogP contribution in [0.15, 0.2) is 53.0 Å². The van der Waals surface area contributed by atoms with E-state index in [2.05, 4.69) is 26.2 Å². The zero-order chi connectivity index (χ0) is 18.1. The molecule has 0 radical (unpaired) electrons. The molecular weight excluding hydrogens is 414 g/mol. The van der Waals surface area contributed by atoms with E-state index in [4.69, 9.17) is 0 Å². The Morgan fingerprint density at radius 1 is 1.15 bits per heavy atom. The number of amides is 2. The average Bonchev–Trinajstić information content (AvgIpc) is 3.28. The first kappa shape index (κ1) is 17.2. The predicted octanol–water partition coefficient (Wildman–Crippen LogP) is 4.30. The summed E-state index contributed by atoms with van der Waals surface area (Å²) in [6.45, 7) is 0.590. The zero-order valence-corrected chi connectivity index (χ0v) is 16.2. The zero-order valence-electron chi connectivity index (χ0n) is 13.8. The molecule has 132 valence electrons. The molecule has 1 aliphatic heterocycles. The van der Waals surface area contributed by atoms with Crippen LogP contribution in [0.25, 0.3) is 10.2 Å². The number of halogens is 1. The third kappa shape index (κ3) is 3.37. The molecule has 0 saturated carbocycles. The molecule has 26 heavy (non-hydrogen) atoms. The van der Waals surface area contributed by atoms with Crippen molar-refractivity contribution >= 4 is 54.4 Å². The van der Waals surface area contributed by atoms with E-state index in [0.29, 0.717) is 23.7 Å². The van der Waals surface area contributed by atoms with Gasteiger partial charge in [-0.2, -0.15) is 0 Å². The standard InChI is InChI=1S/C19H16BrN3O2S/c20-13-9-7-12(8-10-13)18(25)23-11-3-5-15(23)17(24)22-19-21-14-4-1-2-6-16(14)26-19/h1-2,4,6-10,15H,3,5,11H2,(H,21,22,24). The summed E-state index contributed by atoms with van der Waals surface area (Å²) in [5.74, 6) is -0.286. The third-order valence-electron chi connectivity index (χ3n) is 4.43. The SMILES string of the molecule is O=C(Nc1nc2ccccc2s1)C1CCCN1C(=O)c1ccc(Br)cc1. The van der Waals surface area contributed by atoms with Gasteiger partial charge >= 0.3 is 0 Å². The van der Waals surface area contributed by atoms with Crippen molar-refractivity contribution in [2.24, 2.45) is 0 Å². The highest BCUT2D eigenvalue weighted by Gasteiger charge is 2.34. The molecule has 2 amide bonds. The molecule has 0 bridgehead atoms. The van der Waals surface area contributed by atoms with Gasteiger partial charge < -0.3 is 10.2 Å². The molecule has 1 saturated heterocycles. The van der Waals surface area contributed by atoms with Crippen molar-refractivity contribution in [3.63, 3.8) is 0 Å². The third-order valence-corrected chi connectivity index (χ3v) is 5.91. The fraction of sp³-hybridized carbons (Fsp3) is 0.211. The number of rotatable bonds is 3. The minimum absolute atomic E-state index is 0.112. The smallest absolute Gasteiger partial charge is 0.254 e. The lowest BCUT2D eigenvalue weighted by Gasteiger charge is -2.23. The molecule has 1 N–H and O–H groups in total. The van der Waals surface area contributed by atoms with Crippen molar-refractivity contribution in [2.75, 3.05) is 11.9 Å². The maximum Gasteiger partial charge on any atom is 0.254 e. The maximum absolute atomic E-state index is 12.8. The number of aromatic nitrogens is 1. The normalized spacial score (nSPS) is 16.8. The van der Waals surface area contributed by atoms with Crippen LogP contribution in [0.3, 0.4) is 0 Å². The number of fused-ring (bicyclic) bond motifs is 1. The van der Waals surface area contributed by atoms with E-state index in [9.17, 15) is 9.59 Å². The molecule has 2 aromatic carbocycles. The lowest BCUT2D eigenvalue weighted by Crippen LogP contribution is -2.43. The van der Waals surface area contributed by atoms with Gasteiger partial charge in [0.2, 0.25) is 5.91 Å². The van der Waals surface area contributed by atoms with E-state index in [1.807, 2.05) is 36.4 Å². The van der Waals surface area contributed by atoms with Crippen molar-refractivity contribution in [3.8, 4) is 0 Å². The van der Waals surface area contributed by atoms with Crippen LogP contribution < -0.4 is 5.32 Å². The molecule has 0 aliphatic carbocycles. The fourth-order valence-corrected chi connectivity index (χ4v) is 4.29. The van der Waals surface area contributed by atoms with E-state index in [1.165, 1.54) is 11.3 Å². The Hall–Kier alpha value is -2.25. The van der Waals surface area contributed by atoms with Gasteiger partial charge in [-0.25, -0.2) is 4.98 Å². The summed E-state index contributed by atoms with van der Waals surface area (Å²) in [5.41, 5.74) is 1.45. The minimum Gasteiger partial charge on any atom is -0.327 e. The van der Waals surface area contributed by atoms with Gasteiger partial charge in [0, 0.05) is 16.6 Å². The molecule has 4 rings (SSSR count). The molecule has 1 aliphatic rings. The first-order chi connectivity index (χ1) is 12.6. The first-order valence-electron chi connectivity index (χ1n) is 8.35. The molecule has 1 fully saturated rings. The molecule has 0 spiro atoms. The predicted molar refractivity (Wildman–Crippen MR) is 106 cm³/mol. The summed E-state index contributed by atoms with van der Waals surface area (Å²) in [6, 6.07) is 14.5. The molecule has 1 unspecified atom stereocenters. The van der Waals surface area contributed by atoms with Crippen molar-refractivity contribution in [1.29, 1.82) is 0 Å². The van der Waals surface area contributed by atoms with Crippen LogP contribution in [-0.2, 0) is 4.79 Å². The number of carbonyl (C=O) groups excluding carboxylic acids is 2. The van der Waals surface area contributed by atoms with E-state index in [0.717, 1.165) is 21.1 Å². The summed E-state index contributed by atoms with van der Waals surface area (Å²) < 4.78 is 1.94. The number of carbonyl (C=O) groups is 2. The van der Waals surface area contributed by atoms with E-state index >= 15 is 0 Å². The topological polar surface area (TPSA) is 62.3 Å². The monoisotopic (exact) mass is 429 g/mol. The fourth-order valence-electron chi connectivity index (χ4n) is 3.16. The summed E-state index contributed by atoms with van der Waals surface area (Å²) in [4.78, 5) is 31.6. The van der Waals surface area contributed by atoms with Crippen molar-refractivity contribution in [3.05, 3.63) is 58.6 Å². The van der Waals surface area contributed by atoms with Gasteiger partial charge in [-0.15, -0.1) is 0 Å². The van der Waals surface area contributed by atoms with Crippen LogP contribution in [0.2, 0.25) is 0 Å². The first-order valence-corrected chi connectivity index (χ1v) is 9.96. The van der Waals surface area contributed by atoms with E-state index in [1.54, 1.807) is 17.0 Å². The van der Waals surface area contributed by atoms with Gasteiger partial charge in [-0.3, -0.25) is 9.59 Å². The van der Waals surface area contributed by atoms with Gasteiger partial charge in [-0.05, 0) is 49.2 Å². The number of benzene rings is 2. The number of hydrogen-bond acceptors (Lipinski definition) is 4. The molecule has 3 aromatic rings. The van der Waals surface area contributed by atoms with Crippen molar-refractivity contribution in [1.82, 2.24) is 9.88 Å². The summed E-state index contributed by atoms with van der Waals surface area (Å²) >= 11 is 4.81. The van der Waals surface area contributed by atoms with Crippen LogP contribution in [0.1, 0.15) is 23.2 Å². The Morgan fingerprint density at radius 3 is 2.69 bits per heavy atom. The van der Waals surface area contributed by atoms with Crippen molar-refractivity contribution in [2.45, 2.75) is 18.9 Å². The number of likely N-dealkylation sites (tertiary alicyclic amines) is 1. The Bertz CT molecular complexity index is 937. The van der Waals surface area contributed by atoms with E-state index in [-0.39, 0.29) is 11.8 Å². The number of nitrogens with one attached hydrogen (secondary N) is 1. The highest BCUT2D eigenvalue weighted by Crippen LogP contribution is 2.27. The number of para-hydroxylation sites is 1. The molecule has 7 heteroatoms. The lowest BCUT2D eigenvalue weighted by molar-refractivity contribution is -0.119. The Balaban J connectivity index is 1.51. The quantitative estimate of drug-likeness (QED) is 0.674. The largest absolute Gasteiger partial charge is 0.327 e. The van der Waals surface area contributed by atoms with Gasteiger partial charge in [0.25, 0.3) is 5.91 Å². The Morgan fingerprint density at radius 2 is 1.92 bits per heavy atom. The highest BCUT2D eigenvalue weighted by atomic mass is 79.9. The van der Waals surface area contributed by atoms with Gasteiger partial charge in [-0.1, -0.05) is 39.4 Å². The number of anilines is 1. The molecule has 1 atom stereocenters. The molecule has 2 heterocycles. The lowest BCUT2D eigenvalue weighted by atomic mass is 10.1. The number of nitrogens with zero attached hydrogens (tertiary/aromatic N) is 2. The van der Waals surface area contributed by atoms with Crippen LogP contribution in [0.5, 0.6) is 0 Å². The molecule has 5 nitrogen and oxygen atoms in total. The second-order valence-electron chi connectivity index (χ2n) is 6.14. The van der Waals surface area contributed by atoms with Crippen molar-refractivity contribution < 1.29 is 9.59 Å². The second-order valence-corrected chi connectivity index (χ2v) is 8.09. The van der Waals surface area contributed by atoms with Gasteiger partial charge in [0.1, 0.15) is 6.04 Å². The summed E-state index contributed by atoms with van der Waals surface area (Å²) in [5, 5.41) is 3.45. The van der Waals surface area contributed by atoms with Crippen LogP contribution >= 0.6 is 27.3 Å². The Kier molecular flexibility index (Phi) is 4.74.